The summed E-state index contributed by atoms with van der Waals surface area (Å²) in [5.41, 5.74) is 5.69. The molecule has 12 heteroatoms. The minimum atomic E-state index is 0.195. The smallest absolute Gasteiger partial charge is 0.231 e. The molecule has 0 aliphatic carbocycles. The van der Waals surface area contributed by atoms with Crippen molar-refractivity contribution in [3.8, 4) is 0 Å². The van der Waals surface area contributed by atoms with E-state index in [9.17, 15) is 0 Å². The Labute approximate surface area is 182 Å². The summed E-state index contributed by atoms with van der Waals surface area (Å²) >= 11 is 0. The Morgan fingerprint density at radius 1 is 0.677 bits per heavy atom. The van der Waals surface area contributed by atoms with E-state index in [-0.39, 0.29) is 5.95 Å². The van der Waals surface area contributed by atoms with Crippen LogP contribution in [0.15, 0.2) is 0 Å². The third-order valence-corrected chi connectivity index (χ3v) is 5.44. The minimum Gasteiger partial charge on any atom is -0.368 e. The van der Waals surface area contributed by atoms with Crippen LogP contribution in [0.2, 0.25) is 0 Å². The van der Waals surface area contributed by atoms with Crippen LogP contribution < -0.4 is 31.5 Å². The second-order valence-corrected chi connectivity index (χ2v) is 7.80. The fourth-order valence-electron chi connectivity index (χ4n) is 3.78. The SMILES string of the molecule is CNc1nc(N)nc(NCCCCNc2nc(N3CCCC3)nc(N3CCCC3)n2)n1. The van der Waals surface area contributed by atoms with E-state index in [1.54, 1.807) is 7.05 Å². The molecular weight excluding hydrogens is 396 g/mol. The second kappa shape index (κ2) is 10.2. The Bertz CT molecular complexity index is 814. The molecule has 0 aromatic carbocycles. The van der Waals surface area contributed by atoms with Gasteiger partial charge in [0.2, 0.25) is 35.7 Å². The molecular formula is C19H32N12. The van der Waals surface area contributed by atoms with Gasteiger partial charge in [0.05, 0.1) is 0 Å². The number of rotatable bonds is 10. The molecule has 0 amide bonds. The average molecular weight is 429 g/mol. The van der Waals surface area contributed by atoms with Crippen LogP contribution in [-0.4, -0.2) is 76.2 Å². The molecule has 2 aliphatic heterocycles. The zero-order valence-corrected chi connectivity index (χ0v) is 18.1. The maximum atomic E-state index is 5.69. The fourth-order valence-corrected chi connectivity index (χ4v) is 3.78. The summed E-state index contributed by atoms with van der Waals surface area (Å²) in [5.74, 6) is 3.39. The number of aromatic nitrogens is 6. The predicted octanol–water partition coefficient (Wildman–Crippen LogP) is 1.19. The zero-order valence-electron chi connectivity index (χ0n) is 18.1. The molecule has 4 rings (SSSR count). The van der Waals surface area contributed by atoms with Crippen molar-refractivity contribution in [2.45, 2.75) is 38.5 Å². The Balaban J connectivity index is 1.28. The van der Waals surface area contributed by atoms with Crippen LogP contribution in [0, 0.1) is 0 Å². The number of anilines is 6. The van der Waals surface area contributed by atoms with Crippen LogP contribution in [0.25, 0.3) is 0 Å². The van der Waals surface area contributed by atoms with Crippen molar-refractivity contribution >= 4 is 35.7 Å². The molecule has 0 spiro atoms. The number of unbranched alkanes of at least 4 members (excludes halogenated alkanes) is 1. The lowest BCUT2D eigenvalue weighted by molar-refractivity contribution is 0.778. The van der Waals surface area contributed by atoms with Gasteiger partial charge in [-0.2, -0.15) is 29.9 Å². The Morgan fingerprint density at radius 3 is 1.68 bits per heavy atom. The number of hydrogen-bond donors (Lipinski definition) is 4. The van der Waals surface area contributed by atoms with Crippen LogP contribution >= 0.6 is 0 Å². The van der Waals surface area contributed by atoms with E-state index in [2.05, 4.69) is 50.7 Å². The van der Waals surface area contributed by atoms with Gasteiger partial charge in [-0.15, -0.1) is 0 Å². The van der Waals surface area contributed by atoms with Gasteiger partial charge in [-0.05, 0) is 38.5 Å². The van der Waals surface area contributed by atoms with Gasteiger partial charge in [-0.3, -0.25) is 0 Å². The molecule has 0 atom stereocenters. The third-order valence-electron chi connectivity index (χ3n) is 5.44. The maximum Gasteiger partial charge on any atom is 0.231 e. The highest BCUT2D eigenvalue weighted by molar-refractivity contribution is 5.46. The third kappa shape index (κ3) is 5.70. The molecule has 2 aromatic rings. The van der Waals surface area contributed by atoms with E-state index in [0.717, 1.165) is 64.0 Å². The highest BCUT2D eigenvalue weighted by Crippen LogP contribution is 2.22. The number of nitrogens with one attached hydrogen (secondary N) is 3. The number of nitrogen functional groups attached to an aromatic ring is 1. The molecule has 12 nitrogen and oxygen atoms in total. The van der Waals surface area contributed by atoms with Gasteiger partial charge in [0.1, 0.15) is 0 Å². The van der Waals surface area contributed by atoms with Crippen molar-refractivity contribution in [1.29, 1.82) is 0 Å². The zero-order chi connectivity index (χ0) is 21.5. The summed E-state index contributed by atoms with van der Waals surface area (Å²) in [4.78, 5) is 31.0. The number of nitrogens with zero attached hydrogens (tertiary/aromatic N) is 8. The molecule has 5 N–H and O–H groups in total. The number of hydrogen-bond acceptors (Lipinski definition) is 12. The molecule has 2 fully saturated rings. The van der Waals surface area contributed by atoms with Crippen LogP contribution in [-0.2, 0) is 0 Å². The van der Waals surface area contributed by atoms with Crippen molar-refractivity contribution in [3.05, 3.63) is 0 Å². The molecule has 0 radical (unpaired) electrons. The highest BCUT2D eigenvalue weighted by atomic mass is 15.4. The van der Waals surface area contributed by atoms with Gasteiger partial charge in [-0.25, -0.2) is 0 Å². The summed E-state index contributed by atoms with van der Waals surface area (Å²) in [6.45, 7) is 5.60. The summed E-state index contributed by atoms with van der Waals surface area (Å²) in [7, 11) is 1.75. The van der Waals surface area contributed by atoms with E-state index in [1.807, 2.05) is 0 Å². The van der Waals surface area contributed by atoms with Crippen LogP contribution in [0.4, 0.5) is 35.7 Å². The molecule has 2 saturated heterocycles. The quantitative estimate of drug-likeness (QED) is 0.403. The van der Waals surface area contributed by atoms with E-state index in [4.69, 9.17) is 10.7 Å². The average Bonchev–Trinajstić information content (AvgIpc) is 3.50. The van der Waals surface area contributed by atoms with Crippen molar-refractivity contribution in [2.24, 2.45) is 0 Å². The van der Waals surface area contributed by atoms with Gasteiger partial charge >= 0.3 is 0 Å². The van der Waals surface area contributed by atoms with Gasteiger partial charge in [0, 0.05) is 46.3 Å². The normalized spacial score (nSPS) is 16.0. The fraction of sp³-hybridized carbons (Fsp3) is 0.684. The maximum absolute atomic E-state index is 5.69. The second-order valence-electron chi connectivity index (χ2n) is 7.80. The first-order chi connectivity index (χ1) is 15.2. The lowest BCUT2D eigenvalue weighted by atomic mass is 10.3. The van der Waals surface area contributed by atoms with Crippen LogP contribution in [0.5, 0.6) is 0 Å². The van der Waals surface area contributed by atoms with E-state index >= 15 is 0 Å². The largest absolute Gasteiger partial charge is 0.368 e. The Kier molecular flexibility index (Phi) is 6.95. The molecule has 0 unspecified atom stereocenters. The molecule has 0 bridgehead atoms. The number of nitrogens with two attached hydrogens (primary N) is 1. The highest BCUT2D eigenvalue weighted by Gasteiger charge is 2.21. The minimum absolute atomic E-state index is 0.195. The van der Waals surface area contributed by atoms with Crippen LogP contribution in [0.1, 0.15) is 38.5 Å². The molecule has 4 heterocycles. The van der Waals surface area contributed by atoms with Gasteiger partial charge < -0.3 is 31.5 Å². The Hall–Kier alpha value is -3.18. The first-order valence-electron chi connectivity index (χ1n) is 11.1. The predicted molar refractivity (Wildman–Crippen MR) is 123 cm³/mol. The van der Waals surface area contributed by atoms with Gasteiger partial charge in [-0.1, -0.05) is 0 Å². The summed E-state index contributed by atoms with van der Waals surface area (Å²) in [5, 5.41) is 9.44. The summed E-state index contributed by atoms with van der Waals surface area (Å²) < 4.78 is 0. The Morgan fingerprint density at radius 2 is 1.16 bits per heavy atom. The van der Waals surface area contributed by atoms with Crippen molar-refractivity contribution in [1.82, 2.24) is 29.9 Å². The lowest BCUT2D eigenvalue weighted by Gasteiger charge is -2.20. The van der Waals surface area contributed by atoms with E-state index < -0.39 is 0 Å². The van der Waals surface area contributed by atoms with E-state index in [1.165, 1.54) is 25.7 Å². The van der Waals surface area contributed by atoms with Crippen molar-refractivity contribution in [2.75, 3.05) is 77.8 Å². The van der Waals surface area contributed by atoms with Crippen molar-refractivity contribution < 1.29 is 0 Å². The first kappa shape index (κ1) is 21.1. The van der Waals surface area contributed by atoms with Gasteiger partial charge in [0.15, 0.2) is 0 Å². The molecule has 2 aromatic heterocycles. The first-order valence-corrected chi connectivity index (χ1v) is 11.1. The molecule has 31 heavy (non-hydrogen) atoms. The summed E-state index contributed by atoms with van der Waals surface area (Å²) in [6.07, 6.45) is 6.69. The standard InChI is InChI=1S/C19H32N12/c1-21-15-24-14(20)25-16(26-15)22-8-2-3-9-23-17-27-18(30-10-4-5-11-30)29-19(28-17)31-12-6-7-13-31/h2-13H2,1H3,(H,23,27,28,29)(H4,20,21,22,24,25,26). The van der Waals surface area contributed by atoms with E-state index in [0.29, 0.717) is 17.8 Å². The molecule has 0 saturated carbocycles. The molecule has 2 aliphatic rings. The van der Waals surface area contributed by atoms with Crippen LogP contribution in [0.3, 0.4) is 0 Å². The summed E-state index contributed by atoms with van der Waals surface area (Å²) in [6, 6.07) is 0. The van der Waals surface area contributed by atoms with Gasteiger partial charge in [0.25, 0.3) is 0 Å². The lowest BCUT2D eigenvalue weighted by Crippen LogP contribution is -2.26. The topological polar surface area (TPSA) is 146 Å². The monoisotopic (exact) mass is 428 g/mol. The van der Waals surface area contributed by atoms with Crippen molar-refractivity contribution in [3.63, 3.8) is 0 Å². The molecule has 168 valence electrons.